The molecule has 1 amide bonds. The van der Waals surface area contributed by atoms with Crippen molar-refractivity contribution in [2.24, 2.45) is 0 Å². The van der Waals surface area contributed by atoms with Crippen molar-refractivity contribution in [3.05, 3.63) is 65.5 Å². The Bertz CT molecular complexity index is 593. The van der Waals surface area contributed by atoms with Crippen molar-refractivity contribution < 1.29 is 9.36 Å². The number of aryl methyl sites for hydroxylation is 2. The largest absolute Gasteiger partial charge is 0.350 e. The van der Waals surface area contributed by atoms with Crippen LogP contribution in [-0.4, -0.2) is 12.5 Å². The summed E-state index contributed by atoms with van der Waals surface area (Å²) in [7, 11) is 0. The zero-order chi connectivity index (χ0) is 15.1. The van der Waals surface area contributed by atoms with Gasteiger partial charge in [0.15, 0.2) is 11.9 Å². The van der Waals surface area contributed by atoms with Crippen LogP contribution < -0.4 is 9.88 Å². The van der Waals surface area contributed by atoms with Crippen molar-refractivity contribution in [3.63, 3.8) is 0 Å². The van der Waals surface area contributed by atoms with E-state index in [1.54, 1.807) is 0 Å². The summed E-state index contributed by atoms with van der Waals surface area (Å²) in [5, 5.41) is 2.98. The van der Waals surface area contributed by atoms with Gasteiger partial charge in [0.05, 0.1) is 0 Å². The molecule has 0 saturated heterocycles. The van der Waals surface area contributed by atoms with Crippen molar-refractivity contribution in [2.75, 3.05) is 6.54 Å². The van der Waals surface area contributed by atoms with E-state index in [-0.39, 0.29) is 5.91 Å². The van der Waals surface area contributed by atoms with Gasteiger partial charge in [-0.2, -0.15) is 4.57 Å². The molecule has 0 unspecified atom stereocenters. The highest BCUT2D eigenvalue weighted by Gasteiger charge is 2.12. The molecule has 0 atom stereocenters. The highest BCUT2D eigenvalue weighted by atomic mass is 16.1. The zero-order valence-electron chi connectivity index (χ0n) is 12.8. The SMILES string of the molecule is CCc1ccc(C)[n+](CC(=O)NCCc2ccccc2)c1. The molecule has 0 saturated carbocycles. The summed E-state index contributed by atoms with van der Waals surface area (Å²) in [6, 6.07) is 14.4. The molecule has 1 N–H and O–H groups in total. The van der Waals surface area contributed by atoms with Crippen LogP contribution >= 0.6 is 0 Å². The van der Waals surface area contributed by atoms with E-state index in [1.807, 2.05) is 29.7 Å². The van der Waals surface area contributed by atoms with Gasteiger partial charge in [-0.15, -0.1) is 0 Å². The molecular formula is C18H23N2O+. The normalized spacial score (nSPS) is 10.4. The number of amides is 1. The number of carbonyl (C=O) groups is 1. The number of benzene rings is 1. The standard InChI is InChI=1S/C18H22N2O/c1-3-16-10-9-15(2)20(13-16)14-18(21)19-12-11-17-7-5-4-6-8-17/h4-10,13H,3,11-12,14H2,1-2H3/p+1. The van der Waals surface area contributed by atoms with E-state index in [9.17, 15) is 4.79 Å². The third-order valence-corrected chi connectivity index (χ3v) is 3.61. The average molecular weight is 283 g/mol. The van der Waals surface area contributed by atoms with Crippen LogP contribution in [0, 0.1) is 6.92 Å². The van der Waals surface area contributed by atoms with Gasteiger partial charge in [-0.3, -0.25) is 4.79 Å². The van der Waals surface area contributed by atoms with E-state index in [0.717, 1.165) is 18.5 Å². The minimum atomic E-state index is 0.0623. The summed E-state index contributed by atoms with van der Waals surface area (Å²) < 4.78 is 2.01. The molecule has 0 aliphatic rings. The molecule has 1 aromatic heterocycles. The summed E-state index contributed by atoms with van der Waals surface area (Å²) in [5.74, 6) is 0.0623. The van der Waals surface area contributed by atoms with Crippen molar-refractivity contribution in [1.29, 1.82) is 0 Å². The Morgan fingerprint density at radius 1 is 1.10 bits per heavy atom. The molecule has 0 spiro atoms. The third-order valence-electron chi connectivity index (χ3n) is 3.61. The number of rotatable bonds is 6. The fourth-order valence-electron chi connectivity index (χ4n) is 2.25. The number of nitrogens with one attached hydrogen (secondary N) is 1. The number of hydrogen-bond donors (Lipinski definition) is 1. The van der Waals surface area contributed by atoms with Crippen molar-refractivity contribution in [1.82, 2.24) is 5.32 Å². The fraction of sp³-hybridized carbons (Fsp3) is 0.333. The molecular weight excluding hydrogens is 260 g/mol. The fourth-order valence-corrected chi connectivity index (χ4v) is 2.25. The number of pyridine rings is 1. The maximum absolute atomic E-state index is 12.0. The van der Waals surface area contributed by atoms with E-state index in [2.05, 4.69) is 42.7 Å². The summed E-state index contributed by atoms with van der Waals surface area (Å²) in [5.41, 5.74) is 3.60. The molecule has 0 radical (unpaired) electrons. The van der Waals surface area contributed by atoms with Crippen LogP contribution in [0.25, 0.3) is 0 Å². The number of nitrogens with zero attached hydrogens (tertiary/aromatic N) is 1. The predicted octanol–water partition coefficient (Wildman–Crippen LogP) is 2.20. The van der Waals surface area contributed by atoms with Crippen LogP contribution in [0.1, 0.15) is 23.7 Å². The zero-order valence-corrected chi connectivity index (χ0v) is 12.8. The lowest BCUT2D eigenvalue weighted by molar-refractivity contribution is -0.690. The van der Waals surface area contributed by atoms with Crippen LogP contribution in [-0.2, 0) is 24.2 Å². The van der Waals surface area contributed by atoms with Gasteiger partial charge in [-0.1, -0.05) is 37.3 Å². The van der Waals surface area contributed by atoms with Gasteiger partial charge < -0.3 is 5.32 Å². The highest BCUT2D eigenvalue weighted by Crippen LogP contribution is 1.99. The quantitative estimate of drug-likeness (QED) is 0.810. The second-order valence-electron chi connectivity index (χ2n) is 5.25. The van der Waals surface area contributed by atoms with Gasteiger partial charge >= 0.3 is 0 Å². The van der Waals surface area contributed by atoms with Crippen LogP contribution in [0.15, 0.2) is 48.7 Å². The second-order valence-corrected chi connectivity index (χ2v) is 5.25. The topological polar surface area (TPSA) is 33.0 Å². The van der Waals surface area contributed by atoms with Gasteiger partial charge in [0, 0.05) is 25.1 Å². The van der Waals surface area contributed by atoms with Crippen LogP contribution in [0.5, 0.6) is 0 Å². The first-order valence-corrected chi connectivity index (χ1v) is 7.48. The molecule has 3 nitrogen and oxygen atoms in total. The molecule has 0 fully saturated rings. The minimum absolute atomic E-state index is 0.0623. The molecule has 2 rings (SSSR count). The molecule has 1 aromatic carbocycles. The lowest BCUT2D eigenvalue weighted by Crippen LogP contribution is -2.45. The molecule has 0 aliphatic heterocycles. The maximum Gasteiger partial charge on any atom is 0.286 e. The number of hydrogen-bond acceptors (Lipinski definition) is 1. The van der Waals surface area contributed by atoms with Gasteiger partial charge in [-0.25, -0.2) is 0 Å². The first kappa shape index (κ1) is 15.2. The van der Waals surface area contributed by atoms with Gasteiger partial charge in [0.25, 0.3) is 5.91 Å². The lowest BCUT2D eigenvalue weighted by Gasteiger charge is -2.05. The van der Waals surface area contributed by atoms with Crippen LogP contribution in [0.2, 0.25) is 0 Å². The lowest BCUT2D eigenvalue weighted by atomic mass is 10.1. The smallest absolute Gasteiger partial charge is 0.286 e. The summed E-state index contributed by atoms with van der Waals surface area (Å²) in [6.07, 6.45) is 3.91. The maximum atomic E-state index is 12.0. The third kappa shape index (κ3) is 4.71. The van der Waals surface area contributed by atoms with Crippen LogP contribution in [0.4, 0.5) is 0 Å². The Kier molecular flexibility index (Phi) is 5.50. The average Bonchev–Trinajstić information content (AvgIpc) is 2.50. The number of aromatic nitrogens is 1. The molecule has 3 heteroatoms. The van der Waals surface area contributed by atoms with Gasteiger partial charge in [0.2, 0.25) is 6.54 Å². The van der Waals surface area contributed by atoms with E-state index in [4.69, 9.17) is 0 Å². The van der Waals surface area contributed by atoms with Crippen molar-refractivity contribution in [2.45, 2.75) is 33.2 Å². The van der Waals surface area contributed by atoms with E-state index in [0.29, 0.717) is 13.1 Å². The monoisotopic (exact) mass is 283 g/mol. The van der Waals surface area contributed by atoms with Crippen LogP contribution in [0.3, 0.4) is 0 Å². The Balaban J connectivity index is 1.84. The van der Waals surface area contributed by atoms with Gasteiger partial charge in [-0.05, 0) is 24.5 Å². The Morgan fingerprint density at radius 2 is 1.86 bits per heavy atom. The van der Waals surface area contributed by atoms with Crippen molar-refractivity contribution in [3.8, 4) is 0 Å². The molecule has 0 aliphatic carbocycles. The summed E-state index contributed by atoms with van der Waals surface area (Å²) >= 11 is 0. The highest BCUT2D eigenvalue weighted by molar-refractivity contribution is 5.74. The van der Waals surface area contributed by atoms with E-state index >= 15 is 0 Å². The Hall–Kier alpha value is -2.16. The molecule has 0 bridgehead atoms. The summed E-state index contributed by atoms with van der Waals surface area (Å²) in [6.45, 7) is 5.20. The predicted molar refractivity (Wildman–Crippen MR) is 83.9 cm³/mol. The van der Waals surface area contributed by atoms with Gasteiger partial charge in [0.1, 0.15) is 0 Å². The Morgan fingerprint density at radius 3 is 2.57 bits per heavy atom. The first-order chi connectivity index (χ1) is 10.2. The number of carbonyl (C=O) groups excluding carboxylic acids is 1. The van der Waals surface area contributed by atoms with Crippen molar-refractivity contribution >= 4 is 5.91 Å². The summed E-state index contributed by atoms with van der Waals surface area (Å²) in [4.78, 5) is 12.0. The molecule has 110 valence electrons. The van der Waals surface area contributed by atoms with E-state index < -0.39 is 0 Å². The minimum Gasteiger partial charge on any atom is -0.350 e. The first-order valence-electron chi connectivity index (χ1n) is 7.48. The molecule has 1 heterocycles. The van der Waals surface area contributed by atoms with E-state index in [1.165, 1.54) is 11.1 Å². The molecule has 21 heavy (non-hydrogen) atoms. The Labute approximate surface area is 126 Å². The second kappa shape index (κ2) is 7.58. The molecule has 2 aromatic rings.